The van der Waals surface area contributed by atoms with Crippen LogP contribution in [0.1, 0.15) is 27.2 Å². The lowest BCUT2D eigenvalue weighted by Crippen LogP contribution is -2.42. The number of fused-ring (bicyclic) bond motifs is 2. The van der Waals surface area contributed by atoms with Crippen molar-refractivity contribution in [2.45, 2.75) is 19.1 Å². The summed E-state index contributed by atoms with van der Waals surface area (Å²) < 4.78 is 1.75. The molecule has 2 aromatic carbocycles. The van der Waals surface area contributed by atoms with Crippen molar-refractivity contribution < 1.29 is 9.90 Å². The van der Waals surface area contributed by atoms with Gasteiger partial charge in [0, 0.05) is 44.1 Å². The first kappa shape index (κ1) is 21.8. The second kappa shape index (κ2) is 9.43. The fraction of sp³-hybridized carbons (Fsp3) is 0.231. The Morgan fingerprint density at radius 1 is 1.15 bits per heavy atom. The Hall–Kier alpha value is -4.06. The molecule has 0 aliphatic carbocycles. The number of imidazole rings is 1. The number of nitriles is 1. The fourth-order valence-corrected chi connectivity index (χ4v) is 4.25. The maximum atomic E-state index is 12.6. The van der Waals surface area contributed by atoms with Gasteiger partial charge in [0.15, 0.2) is 5.65 Å². The van der Waals surface area contributed by atoms with Crippen LogP contribution in [-0.4, -0.2) is 56.0 Å². The van der Waals surface area contributed by atoms with Crippen LogP contribution < -0.4 is 5.32 Å². The van der Waals surface area contributed by atoms with Gasteiger partial charge >= 0.3 is 0 Å². The van der Waals surface area contributed by atoms with Crippen LogP contribution in [0, 0.1) is 11.3 Å². The van der Waals surface area contributed by atoms with Gasteiger partial charge in [-0.05, 0) is 29.7 Å². The molecule has 3 heterocycles. The maximum absolute atomic E-state index is 12.6. The van der Waals surface area contributed by atoms with E-state index in [1.54, 1.807) is 35.1 Å². The second-order valence-electron chi connectivity index (χ2n) is 8.47. The van der Waals surface area contributed by atoms with E-state index >= 15 is 0 Å². The SMILES string of the molecule is N#Cc1ccc(-c2cn3cc(C(=O)NCC(O)CN4CCc5ccccc5C4)nc3cn2)cc1. The van der Waals surface area contributed by atoms with Gasteiger partial charge in [-0.3, -0.25) is 14.7 Å². The number of benzene rings is 2. The minimum atomic E-state index is -0.670. The zero-order valence-corrected chi connectivity index (χ0v) is 18.6. The van der Waals surface area contributed by atoms with Crippen molar-refractivity contribution in [1.82, 2.24) is 24.6 Å². The van der Waals surface area contributed by atoms with E-state index in [0.29, 0.717) is 23.4 Å². The molecule has 8 heteroatoms. The number of β-amino-alcohol motifs (C(OH)–C–C–N with tert-alkyl or cyclic N) is 1. The third-order valence-electron chi connectivity index (χ3n) is 6.06. The molecule has 0 fully saturated rings. The summed E-state index contributed by atoms with van der Waals surface area (Å²) in [6.45, 7) is 2.35. The summed E-state index contributed by atoms with van der Waals surface area (Å²) >= 11 is 0. The first-order valence-corrected chi connectivity index (χ1v) is 11.2. The van der Waals surface area contributed by atoms with Gasteiger partial charge in [-0.1, -0.05) is 36.4 Å². The first-order chi connectivity index (χ1) is 16.6. The predicted molar refractivity (Wildman–Crippen MR) is 127 cm³/mol. The van der Waals surface area contributed by atoms with Crippen molar-refractivity contribution in [3.63, 3.8) is 0 Å². The molecule has 1 unspecified atom stereocenters. The molecule has 1 amide bonds. The van der Waals surface area contributed by atoms with E-state index < -0.39 is 6.10 Å². The molecule has 5 rings (SSSR count). The molecule has 34 heavy (non-hydrogen) atoms. The average molecular weight is 453 g/mol. The lowest BCUT2D eigenvalue weighted by Gasteiger charge is -2.30. The molecule has 0 spiro atoms. The molecule has 4 aromatic rings. The van der Waals surface area contributed by atoms with E-state index in [1.807, 2.05) is 18.2 Å². The Labute approximate surface area is 197 Å². The van der Waals surface area contributed by atoms with Gasteiger partial charge in [-0.25, -0.2) is 4.98 Å². The molecule has 1 aliphatic heterocycles. The van der Waals surface area contributed by atoms with Crippen LogP contribution in [0.2, 0.25) is 0 Å². The van der Waals surface area contributed by atoms with Crippen molar-refractivity contribution in [1.29, 1.82) is 5.26 Å². The van der Waals surface area contributed by atoms with Crippen molar-refractivity contribution in [3.05, 3.63) is 89.5 Å². The lowest BCUT2D eigenvalue weighted by atomic mass is 10.00. The highest BCUT2D eigenvalue weighted by molar-refractivity contribution is 5.92. The predicted octanol–water partition coefficient (Wildman–Crippen LogP) is 2.42. The zero-order chi connectivity index (χ0) is 23.5. The van der Waals surface area contributed by atoms with Crippen LogP contribution in [0.15, 0.2) is 67.1 Å². The number of nitrogens with zero attached hydrogens (tertiary/aromatic N) is 5. The van der Waals surface area contributed by atoms with E-state index in [0.717, 1.165) is 25.1 Å². The fourth-order valence-electron chi connectivity index (χ4n) is 4.25. The average Bonchev–Trinajstić information content (AvgIpc) is 3.31. The van der Waals surface area contributed by atoms with Crippen molar-refractivity contribution in [3.8, 4) is 17.3 Å². The number of nitrogens with one attached hydrogen (secondary N) is 1. The van der Waals surface area contributed by atoms with Crippen LogP contribution in [0.25, 0.3) is 16.9 Å². The topological polar surface area (TPSA) is 107 Å². The number of rotatable bonds is 6. The van der Waals surface area contributed by atoms with Gasteiger partial charge in [0.05, 0.1) is 29.6 Å². The third-order valence-corrected chi connectivity index (χ3v) is 6.06. The molecule has 0 bridgehead atoms. The van der Waals surface area contributed by atoms with Gasteiger partial charge in [-0.15, -0.1) is 0 Å². The summed E-state index contributed by atoms with van der Waals surface area (Å²) in [5.41, 5.74) is 5.63. The molecule has 170 valence electrons. The summed E-state index contributed by atoms with van der Waals surface area (Å²) in [5.74, 6) is -0.341. The molecule has 1 aliphatic rings. The number of aromatic nitrogens is 3. The molecule has 2 aromatic heterocycles. The normalized spacial score (nSPS) is 14.4. The number of carbonyl (C=O) groups excluding carboxylic acids is 1. The molecule has 1 atom stereocenters. The first-order valence-electron chi connectivity index (χ1n) is 11.2. The van der Waals surface area contributed by atoms with Gasteiger partial charge in [0.2, 0.25) is 0 Å². The van der Waals surface area contributed by atoms with Crippen LogP contribution in [0.5, 0.6) is 0 Å². The molecule has 2 N–H and O–H groups in total. The highest BCUT2D eigenvalue weighted by atomic mass is 16.3. The molecule has 0 saturated carbocycles. The number of carbonyl (C=O) groups is 1. The Bertz CT molecular complexity index is 1370. The highest BCUT2D eigenvalue weighted by Gasteiger charge is 2.19. The second-order valence-corrected chi connectivity index (χ2v) is 8.47. The lowest BCUT2D eigenvalue weighted by molar-refractivity contribution is 0.0838. The summed E-state index contributed by atoms with van der Waals surface area (Å²) in [4.78, 5) is 23.6. The van der Waals surface area contributed by atoms with Crippen LogP contribution in [0.4, 0.5) is 0 Å². The molecule has 0 radical (unpaired) electrons. The largest absolute Gasteiger partial charge is 0.390 e. The summed E-state index contributed by atoms with van der Waals surface area (Å²) in [6, 6.07) is 17.6. The minimum Gasteiger partial charge on any atom is -0.390 e. The summed E-state index contributed by atoms with van der Waals surface area (Å²) in [5, 5.41) is 22.2. The van der Waals surface area contributed by atoms with E-state index in [2.05, 4.69) is 44.5 Å². The van der Waals surface area contributed by atoms with Gasteiger partial charge < -0.3 is 14.8 Å². The van der Waals surface area contributed by atoms with Crippen LogP contribution >= 0.6 is 0 Å². The number of aliphatic hydroxyl groups excluding tert-OH is 1. The van der Waals surface area contributed by atoms with E-state index in [9.17, 15) is 9.90 Å². The molecule has 8 nitrogen and oxygen atoms in total. The summed E-state index contributed by atoms with van der Waals surface area (Å²) in [7, 11) is 0. The zero-order valence-electron chi connectivity index (χ0n) is 18.6. The summed E-state index contributed by atoms with van der Waals surface area (Å²) in [6.07, 6.45) is 5.34. The van der Waals surface area contributed by atoms with Crippen molar-refractivity contribution >= 4 is 11.6 Å². The molecular weight excluding hydrogens is 428 g/mol. The monoisotopic (exact) mass is 452 g/mol. The van der Waals surface area contributed by atoms with Gasteiger partial charge in [0.1, 0.15) is 5.69 Å². The van der Waals surface area contributed by atoms with Gasteiger partial charge in [-0.2, -0.15) is 5.26 Å². The smallest absolute Gasteiger partial charge is 0.271 e. The molecule has 0 saturated heterocycles. The Kier molecular flexibility index (Phi) is 6.04. The van der Waals surface area contributed by atoms with Crippen LogP contribution in [0.3, 0.4) is 0 Å². The van der Waals surface area contributed by atoms with Crippen molar-refractivity contribution in [2.75, 3.05) is 19.6 Å². The standard InChI is InChI=1S/C26H24N6O2/c27-11-18-5-7-20(8-6-18)23-16-32-17-24(30-25(32)13-28-23)26(34)29-12-22(33)15-31-10-9-19-3-1-2-4-21(19)14-31/h1-8,13,16-17,22,33H,9-10,12,14-15H2,(H,29,34). The van der Waals surface area contributed by atoms with Crippen molar-refractivity contribution in [2.24, 2.45) is 0 Å². The quantitative estimate of drug-likeness (QED) is 0.465. The Balaban J connectivity index is 1.19. The number of hydrogen-bond donors (Lipinski definition) is 2. The number of hydrogen-bond acceptors (Lipinski definition) is 6. The third kappa shape index (κ3) is 4.66. The maximum Gasteiger partial charge on any atom is 0.271 e. The van der Waals surface area contributed by atoms with E-state index in [1.165, 1.54) is 11.1 Å². The van der Waals surface area contributed by atoms with Crippen LogP contribution in [-0.2, 0) is 13.0 Å². The molecular formula is C26H24N6O2. The van der Waals surface area contributed by atoms with E-state index in [4.69, 9.17) is 5.26 Å². The Morgan fingerprint density at radius 2 is 1.94 bits per heavy atom. The number of amides is 1. The Morgan fingerprint density at radius 3 is 2.74 bits per heavy atom. The van der Waals surface area contributed by atoms with E-state index in [-0.39, 0.29) is 18.1 Å². The minimum absolute atomic E-state index is 0.152. The van der Waals surface area contributed by atoms with Gasteiger partial charge in [0.25, 0.3) is 5.91 Å². The highest BCUT2D eigenvalue weighted by Crippen LogP contribution is 2.19. The number of aliphatic hydroxyl groups is 1.